The van der Waals surface area contributed by atoms with Crippen molar-refractivity contribution in [3.05, 3.63) is 80.3 Å². The maximum atomic E-state index is 6.06. The third-order valence-corrected chi connectivity index (χ3v) is 7.68. The van der Waals surface area contributed by atoms with Crippen LogP contribution in [-0.4, -0.2) is 21.1 Å². The van der Waals surface area contributed by atoms with E-state index in [0.717, 1.165) is 6.61 Å². The number of halogens is 1. The zero-order chi connectivity index (χ0) is 15.4. The maximum absolute atomic E-state index is 6.06. The molecule has 0 fully saturated rings. The predicted molar refractivity (Wildman–Crippen MR) is 101 cm³/mol. The first-order valence-corrected chi connectivity index (χ1v) is 10.1. The molecular weight excluding hydrogens is 450 g/mol. The van der Waals surface area contributed by atoms with Gasteiger partial charge in [-0.15, -0.1) is 0 Å². The molecule has 3 rings (SSSR count). The van der Waals surface area contributed by atoms with Crippen molar-refractivity contribution in [2.75, 3.05) is 6.61 Å². The van der Waals surface area contributed by atoms with Crippen molar-refractivity contribution in [3.63, 3.8) is 0 Å². The Morgan fingerprint density at radius 1 is 1.00 bits per heavy atom. The molecule has 1 atom stereocenters. The van der Waals surface area contributed by atoms with Crippen LogP contribution in [0.4, 0.5) is 0 Å². The van der Waals surface area contributed by atoms with E-state index in [1.54, 1.807) is 0 Å². The first kappa shape index (κ1) is 16.0. The molecule has 0 aliphatic carbocycles. The SMILES string of the molecule is CCOC(c1ccccc1)c1cc(I)c(-c2ccccc2)[se]1. The third-order valence-electron chi connectivity index (χ3n) is 3.44. The fourth-order valence-electron chi connectivity index (χ4n) is 2.44. The van der Waals surface area contributed by atoms with Gasteiger partial charge in [0.15, 0.2) is 0 Å². The van der Waals surface area contributed by atoms with Gasteiger partial charge in [0.25, 0.3) is 0 Å². The molecule has 0 N–H and O–H groups in total. The van der Waals surface area contributed by atoms with Crippen molar-refractivity contribution in [2.45, 2.75) is 13.0 Å². The molecule has 0 bridgehead atoms. The molecule has 0 aliphatic heterocycles. The van der Waals surface area contributed by atoms with Gasteiger partial charge in [0.1, 0.15) is 0 Å². The van der Waals surface area contributed by atoms with Gasteiger partial charge in [-0.3, -0.25) is 0 Å². The molecule has 1 unspecified atom stereocenters. The average molecular weight is 467 g/mol. The Bertz CT molecular complexity index is 722. The molecule has 0 radical (unpaired) electrons. The van der Waals surface area contributed by atoms with Gasteiger partial charge in [-0.1, -0.05) is 0 Å². The summed E-state index contributed by atoms with van der Waals surface area (Å²) in [6, 6.07) is 23.5. The van der Waals surface area contributed by atoms with E-state index >= 15 is 0 Å². The van der Waals surface area contributed by atoms with Gasteiger partial charge in [0.05, 0.1) is 0 Å². The van der Waals surface area contributed by atoms with Crippen LogP contribution < -0.4 is 0 Å². The van der Waals surface area contributed by atoms with Gasteiger partial charge in [-0.25, -0.2) is 0 Å². The van der Waals surface area contributed by atoms with Crippen LogP contribution in [0.2, 0.25) is 0 Å². The van der Waals surface area contributed by atoms with Crippen LogP contribution in [0, 0.1) is 3.57 Å². The predicted octanol–water partition coefficient (Wildman–Crippen LogP) is 5.14. The van der Waals surface area contributed by atoms with Gasteiger partial charge in [-0.2, -0.15) is 0 Å². The van der Waals surface area contributed by atoms with Crippen LogP contribution in [-0.2, 0) is 4.74 Å². The van der Waals surface area contributed by atoms with E-state index in [2.05, 4.69) is 96.2 Å². The number of ether oxygens (including phenoxy) is 1. The summed E-state index contributed by atoms with van der Waals surface area (Å²) in [4.78, 5) is 0. The summed E-state index contributed by atoms with van der Waals surface area (Å²) in [5.74, 6) is 0. The molecule has 0 aliphatic rings. The third kappa shape index (κ3) is 3.54. The van der Waals surface area contributed by atoms with Crippen LogP contribution in [0.1, 0.15) is 23.0 Å². The molecule has 3 aromatic rings. The summed E-state index contributed by atoms with van der Waals surface area (Å²) in [5.41, 5.74) is 2.58. The molecular formula is C19H17IOSe. The van der Waals surface area contributed by atoms with Crippen molar-refractivity contribution in [3.8, 4) is 10.0 Å². The first-order valence-electron chi connectivity index (χ1n) is 7.30. The van der Waals surface area contributed by atoms with Gasteiger partial charge >= 0.3 is 152 Å². The van der Waals surface area contributed by atoms with E-state index in [4.69, 9.17) is 4.74 Å². The van der Waals surface area contributed by atoms with Gasteiger partial charge < -0.3 is 0 Å². The summed E-state index contributed by atoms with van der Waals surface area (Å²) < 4.78 is 10.3. The standard InChI is InChI=1S/C19H17IOSe/c1-2-21-18(14-9-5-3-6-10-14)17-13-16(20)19(22-17)15-11-7-4-8-12-15/h3-13,18H,2H2,1H3. The number of rotatable bonds is 5. The van der Waals surface area contributed by atoms with E-state index < -0.39 is 0 Å². The molecule has 0 saturated heterocycles. The van der Waals surface area contributed by atoms with Crippen molar-refractivity contribution < 1.29 is 4.74 Å². The molecule has 22 heavy (non-hydrogen) atoms. The number of hydrogen-bond donors (Lipinski definition) is 0. The Kier molecular flexibility index (Phi) is 5.53. The van der Waals surface area contributed by atoms with E-state index in [-0.39, 0.29) is 6.10 Å². The number of benzene rings is 2. The summed E-state index contributed by atoms with van der Waals surface area (Å²) in [6.45, 7) is 2.79. The fourth-order valence-corrected chi connectivity index (χ4v) is 6.51. The molecule has 1 heterocycles. The van der Waals surface area contributed by atoms with Crippen molar-refractivity contribution >= 4 is 37.1 Å². The van der Waals surface area contributed by atoms with E-state index in [9.17, 15) is 0 Å². The van der Waals surface area contributed by atoms with E-state index in [1.807, 2.05) is 0 Å². The van der Waals surface area contributed by atoms with Gasteiger partial charge in [-0.05, 0) is 0 Å². The van der Waals surface area contributed by atoms with Crippen LogP contribution in [0.15, 0.2) is 66.7 Å². The molecule has 0 spiro atoms. The normalized spacial score (nSPS) is 12.3. The van der Waals surface area contributed by atoms with Crippen molar-refractivity contribution in [1.82, 2.24) is 0 Å². The quantitative estimate of drug-likeness (QED) is 0.373. The average Bonchev–Trinajstić information content (AvgIpc) is 2.96. The summed E-state index contributed by atoms with van der Waals surface area (Å²) in [7, 11) is 0. The Morgan fingerprint density at radius 2 is 1.64 bits per heavy atom. The zero-order valence-corrected chi connectivity index (χ0v) is 16.2. The van der Waals surface area contributed by atoms with E-state index in [0.29, 0.717) is 14.5 Å². The monoisotopic (exact) mass is 468 g/mol. The Labute approximate surface area is 151 Å². The first-order chi connectivity index (χ1) is 10.8. The second-order valence-corrected chi connectivity index (χ2v) is 8.37. The second kappa shape index (κ2) is 7.60. The molecule has 0 amide bonds. The van der Waals surface area contributed by atoms with Crippen LogP contribution in [0.5, 0.6) is 0 Å². The van der Waals surface area contributed by atoms with Crippen molar-refractivity contribution in [2.24, 2.45) is 0 Å². The van der Waals surface area contributed by atoms with E-state index in [1.165, 1.54) is 23.6 Å². The molecule has 1 nitrogen and oxygen atoms in total. The minimum atomic E-state index is 0.0807. The van der Waals surface area contributed by atoms with Gasteiger partial charge in [0, 0.05) is 0 Å². The Morgan fingerprint density at radius 3 is 2.27 bits per heavy atom. The fraction of sp³-hybridized carbons (Fsp3) is 0.158. The Balaban J connectivity index is 2.00. The Hall–Kier alpha value is -0.871. The summed E-state index contributed by atoms with van der Waals surface area (Å²) in [6.07, 6.45) is 0.0807. The molecule has 2 aromatic carbocycles. The summed E-state index contributed by atoms with van der Waals surface area (Å²) >= 11 is 2.77. The minimum absolute atomic E-state index is 0.0807. The van der Waals surface area contributed by atoms with Gasteiger partial charge in [0.2, 0.25) is 0 Å². The second-order valence-electron chi connectivity index (χ2n) is 4.94. The molecule has 112 valence electrons. The van der Waals surface area contributed by atoms with Crippen LogP contribution >= 0.6 is 22.6 Å². The topological polar surface area (TPSA) is 9.23 Å². The molecule has 1 aromatic heterocycles. The van der Waals surface area contributed by atoms with Crippen molar-refractivity contribution in [1.29, 1.82) is 0 Å². The van der Waals surface area contributed by atoms with Crippen LogP contribution in [0.25, 0.3) is 10.0 Å². The number of hydrogen-bond acceptors (Lipinski definition) is 1. The molecule has 3 heteroatoms. The zero-order valence-electron chi connectivity index (χ0n) is 12.3. The molecule has 0 saturated carbocycles. The summed E-state index contributed by atoms with van der Waals surface area (Å²) in [5, 5.41) is 0. The van der Waals surface area contributed by atoms with Crippen LogP contribution in [0.3, 0.4) is 0 Å².